The summed E-state index contributed by atoms with van der Waals surface area (Å²) in [5.41, 5.74) is 3.47. The maximum atomic E-state index is 12.4. The number of nitrogens with one attached hydrogen (secondary N) is 1. The predicted molar refractivity (Wildman–Crippen MR) is 98.9 cm³/mol. The highest BCUT2D eigenvalue weighted by Gasteiger charge is 2.16. The average Bonchev–Trinajstić information content (AvgIpc) is 3.20. The summed E-state index contributed by atoms with van der Waals surface area (Å²) in [4.78, 5) is 32.4. The summed E-state index contributed by atoms with van der Waals surface area (Å²) in [6.45, 7) is 4.25. The number of para-hydroxylation sites is 2. The summed E-state index contributed by atoms with van der Waals surface area (Å²) < 4.78 is 0. The lowest BCUT2D eigenvalue weighted by atomic mass is 10.3. The molecule has 3 aromatic rings. The van der Waals surface area contributed by atoms with Crippen LogP contribution in [0.4, 0.5) is 5.95 Å². The second-order valence-corrected chi connectivity index (χ2v) is 6.42. The molecule has 7 heteroatoms. The number of aromatic nitrogens is 4. The number of benzene rings is 1. The quantitative estimate of drug-likeness (QED) is 0.778. The lowest BCUT2D eigenvalue weighted by molar-refractivity contribution is 0.0945. The van der Waals surface area contributed by atoms with Crippen molar-refractivity contribution in [3.63, 3.8) is 0 Å². The molecule has 7 nitrogen and oxygen atoms in total. The van der Waals surface area contributed by atoms with Crippen LogP contribution in [0, 0.1) is 6.92 Å². The third-order valence-corrected chi connectivity index (χ3v) is 4.40. The molecule has 132 valence electrons. The molecule has 26 heavy (non-hydrogen) atoms. The molecule has 0 aliphatic carbocycles. The van der Waals surface area contributed by atoms with Gasteiger partial charge in [0, 0.05) is 18.8 Å². The number of rotatable bonds is 4. The van der Waals surface area contributed by atoms with E-state index in [9.17, 15) is 4.79 Å². The number of amides is 1. The van der Waals surface area contributed by atoms with E-state index in [2.05, 4.69) is 30.2 Å². The first kappa shape index (κ1) is 16.4. The Morgan fingerprint density at radius 3 is 2.69 bits per heavy atom. The van der Waals surface area contributed by atoms with Gasteiger partial charge in [0.15, 0.2) is 0 Å². The molecule has 1 aliphatic rings. The predicted octanol–water partition coefficient (Wildman–Crippen LogP) is 2.26. The maximum absolute atomic E-state index is 12.4. The van der Waals surface area contributed by atoms with E-state index < -0.39 is 0 Å². The second kappa shape index (κ2) is 7.03. The first-order chi connectivity index (χ1) is 12.7. The normalized spacial score (nSPS) is 14.0. The molecule has 0 bridgehead atoms. The first-order valence-electron chi connectivity index (χ1n) is 8.78. The van der Waals surface area contributed by atoms with Gasteiger partial charge in [0.2, 0.25) is 5.95 Å². The summed E-state index contributed by atoms with van der Waals surface area (Å²) in [6, 6.07) is 9.38. The van der Waals surface area contributed by atoms with E-state index in [1.165, 1.54) is 19.0 Å². The van der Waals surface area contributed by atoms with Gasteiger partial charge in [0.25, 0.3) is 5.91 Å². The Labute approximate surface area is 151 Å². The number of hydrogen-bond donors (Lipinski definition) is 1. The zero-order valence-corrected chi connectivity index (χ0v) is 14.6. The highest BCUT2D eigenvalue weighted by molar-refractivity contribution is 5.93. The number of aryl methyl sites for hydroxylation is 1. The van der Waals surface area contributed by atoms with Crippen LogP contribution in [0.5, 0.6) is 0 Å². The molecule has 1 saturated heterocycles. The fourth-order valence-electron chi connectivity index (χ4n) is 3.09. The molecule has 1 aliphatic heterocycles. The first-order valence-corrected chi connectivity index (χ1v) is 8.78. The fourth-order valence-corrected chi connectivity index (χ4v) is 3.09. The minimum atomic E-state index is -0.262. The smallest absolute Gasteiger partial charge is 0.271 e. The Morgan fingerprint density at radius 1 is 1.12 bits per heavy atom. The van der Waals surface area contributed by atoms with E-state index in [0.29, 0.717) is 17.8 Å². The highest BCUT2D eigenvalue weighted by atomic mass is 16.1. The zero-order valence-electron chi connectivity index (χ0n) is 14.6. The van der Waals surface area contributed by atoms with Crippen molar-refractivity contribution in [1.82, 2.24) is 25.3 Å². The van der Waals surface area contributed by atoms with Crippen LogP contribution in [-0.4, -0.2) is 38.9 Å². The van der Waals surface area contributed by atoms with Crippen molar-refractivity contribution >= 4 is 22.9 Å². The number of fused-ring (bicyclic) bond motifs is 1. The molecule has 2 aromatic heterocycles. The molecule has 3 heterocycles. The monoisotopic (exact) mass is 348 g/mol. The Kier molecular flexibility index (Phi) is 4.43. The number of carbonyl (C=O) groups is 1. The van der Waals surface area contributed by atoms with E-state index in [4.69, 9.17) is 0 Å². The molecular formula is C19H20N6O. The summed E-state index contributed by atoms with van der Waals surface area (Å²) in [5, 5.41) is 2.87. The van der Waals surface area contributed by atoms with E-state index in [0.717, 1.165) is 35.9 Å². The summed E-state index contributed by atoms with van der Waals surface area (Å²) in [6.07, 6.45) is 3.84. The van der Waals surface area contributed by atoms with Gasteiger partial charge in [-0.15, -0.1) is 0 Å². The van der Waals surface area contributed by atoms with Gasteiger partial charge in [-0.05, 0) is 38.0 Å². The van der Waals surface area contributed by atoms with Crippen molar-refractivity contribution in [3.05, 3.63) is 53.6 Å². The van der Waals surface area contributed by atoms with Crippen LogP contribution in [0.15, 0.2) is 36.5 Å². The van der Waals surface area contributed by atoms with Crippen molar-refractivity contribution in [1.29, 1.82) is 0 Å². The molecule has 0 spiro atoms. The van der Waals surface area contributed by atoms with Crippen molar-refractivity contribution in [2.75, 3.05) is 18.0 Å². The standard InChI is InChI=1S/C19H20N6O/c1-13-10-14(23-19(22-13)25-8-4-5-9-25)11-21-18(26)17-12-20-15-6-2-3-7-16(15)24-17/h2-3,6-7,10,12H,4-5,8-9,11H2,1H3,(H,21,26). The number of nitrogens with zero attached hydrogens (tertiary/aromatic N) is 5. The van der Waals surface area contributed by atoms with Crippen molar-refractivity contribution < 1.29 is 4.79 Å². The van der Waals surface area contributed by atoms with Gasteiger partial charge >= 0.3 is 0 Å². The van der Waals surface area contributed by atoms with Crippen LogP contribution >= 0.6 is 0 Å². The molecular weight excluding hydrogens is 328 g/mol. The summed E-state index contributed by atoms with van der Waals surface area (Å²) in [5.74, 6) is 0.486. The van der Waals surface area contributed by atoms with Gasteiger partial charge in [-0.2, -0.15) is 0 Å². The number of hydrogen-bond acceptors (Lipinski definition) is 6. The van der Waals surface area contributed by atoms with Gasteiger partial charge in [-0.25, -0.2) is 15.0 Å². The molecule has 0 radical (unpaired) electrons. The topological polar surface area (TPSA) is 83.9 Å². The lowest BCUT2D eigenvalue weighted by Crippen LogP contribution is -2.26. The van der Waals surface area contributed by atoms with Crippen molar-refractivity contribution in [2.24, 2.45) is 0 Å². The molecule has 1 fully saturated rings. The van der Waals surface area contributed by atoms with E-state index in [1.54, 1.807) is 0 Å². The number of carbonyl (C=O) groups excluding carboxylic acids is 1. The van der Waals surface area contributed by atoms with Crippen LogP contribution in [0.25, 0.3) is 11.0 Å². The third-order valence-electron chi connectivity index (χ3n) is 4.40. The molecule has 1 aromatic carbocycles. The SMILES string of the molecule is Cc1cc(CNC(=O)c2cnc3ccccc3n2)nc(N2CCCC2)n1. The minimum absolute atomic E-state index is 0.262. The average molecular weight is 348 g/mol. The fraction of sp³-hybridized carbons (Fsp3) is 0.316. The molecule has 1 N–H and O–H groups in total. The van der Waals surface area contributed by atoms with E-state index >= 15 is 0 Å². The van der Waals surface area contributed by atoms with E-state index in [-0.39, 0.29) is 5.91 Å². The van der Waals surface area contributed by atoms with Crippen LogP contribution in [0.2, 0.25) is 0 Å². The molecule has 4 rings (SSSR count). The van der Waals surface area contributed by atoms with E-state index in [1.807, 2.05) is 37.3 Å². The summed E-state index contributed by atoms with van der Waals surface area (Å²) in [7, 11) is 0. The highest BCUT2D eigenvalue weighted by Crippen LogP contribution is 2.16. The number of anilines is 1. The van der Waals surface area contributed by atoms with Gasteiger partial charge in [-0.1, -0.05) is 12.1 Å². The maximum Gasteiger partial charge on any atom is 0.271 e. The second-order valence-electron chi connectivity index (χ2n) is 6.42. The van der Waals surface area contributed by atoms with Gasteiger partial charge in [-0.3, -0.25) is 9.78 Å². The molecule has 0 unspecified atom stereocenters. The van der Waals surface area contributed by atoms with Crippen LogP contribution in [0.3, 0.4) is 0 Å². The molecule has 0 saturated carbocycles. The van der Waals surface area contributed by atoms with Crippen LogP contribution in [0.1, 0.15) is 34.7 Å². The van der Waals surface area contributed by atoms with Gasteiger partial charge in [0.1, 0.15) is 5.69 Å². The van der Waals surface area contributed by atoms with Crippen LogP contribution in [-0.2, 0) is 6.54 Å². The van der Waals surface area contributed by atoms with Crippen LogP contribution < -0.4 is 10.2 Å². The van der Waals surface area contributed by atoms with Gasteiger partial charge in [0.05, 0.1) is 29.5 Å². The van der Waals surface area contributed by atoms with Crippen molar-refractivity contribution in [2.45, 2.75) is 26.3 Å². The zero-order chi connectivity index (χ0) is 17.9. The Balaban J connectivity index is 1.48. The van der Waals surface area contributed by atoms with Crippen molar-refractivity contribution in [3.8, 4) is 0 Å². The Hall–Kier alpha value is -3.09. The lowest BCUT2D eigenvalue weighted by Gasteiger charge is -2.16. The minimum Gasteiger partial charge on any atom is -0.345 e. The Bertz CT molecular complexity index is 952. The van der Waals surface area contributed by atoms with Gasteiger partial charge < -0.3 is 10.2 Å². The molecule has 1 amide bonds. The third kappa shape index (κ3) is 3.46. The summed E-state index contributed by atoms with van der Waals surface area (Å²) >= 11 is 0. The molecule has 0 atom stereocenters. The largest absolute Gasteiger partial charge is 0.345 e. The Morgan fingerprint density at radius 2 is 1.88 bits per heavy atom.